The minimum absolute atomic E-state index is 0.314. The van der Waals surface area contributed by atoms with Crippen molar-refractivity contribution in [2.24, 2.45) is 0 Å². The second-order valence-corrected chi connectivity index (χ2v) is 6.24. The van der Waals surface area contributed by atoms with Crippen molar-refractivity contribution in [3.8, 4) is 5.69 Å². The van der Waals surface area contributed by atoms with E-state index in [1.54, 1.807) is 18.3 Å². The number of nitrogens with zero attached hydrogens (tertiary/aromatic N) is 4. The number of aromatic nitrogens is 4. The zero-order valence-electron chi connectivity index (χ0n) is 14.6. The Kier molecular flexibility index (Phi) is 4.53. The van der Waals surface area contributed by atoms with Crippen LogP contribution in [0.3, 0.4) is 0 Å². The molecule has 134 valence electrons. The van der Waals surface area contributed by atoms with E-state index < -0.39 is 5.97 Å². The molecular formula is C21H18N4O2. The second-order valence-electron chi connectivity index (χ2n) is 6.24. The van der Waals surface area contributed by atoms with Gasteiger partial charge >= 0.3 is 5.97 Å². The number of hydrogen-bond acceptors (Lipinski definition) is 3. The lowest BCUT2D eigenvalue weighted by molar-refractivity contribution is 0.0695. The zero-order valence-corrected chi connectivity index (χ0v) is 14.6. The average molecular weight is 358 g/mol. The van der Waals surface area contributed by atoms with E-state index in [1.807, 2.05) is 70.3 Å². The maximum absolute atomic E-state index is 11.4. The summed E-state index contributed by atoms with van der Waals surface area (Å²) in [6.07, 6.45) is 8.04. The van der Waals surface area contributed by atoms with E-state index in [0.29, 0.717) is 18.5 Å². The third-order valence-electron chi connectivity index (χ3n) is 4.41. The quantitative estimate of drug-likeness (QED) is 0.573. The van der Waals surface area contributed by atoms with Gasteiger partial charge in [-0.1, -0.05) is 36.4 Å². The molecule has 0 unspecified atom stereocenters. The normalized spacial score (nSPS) is 10.8. The second kappa shape index (κ2) is 7.29. The minimum Gasteiger partial charge on any atom is -0.478 e. The van der Waals surface area contributed by atoms with E-state index in [2.05, 4.69) is 10.1 Å². The van der Waals surface area contributed by atoms with Crippen LogP contribution >= 0.6 is 0 Å². The summed E-state index contributed by atoms with van der Waals surface area (Å²) in [5.74, 6) is -0.0563. The maximum atomic E-state index is 11.4. The number of aromatic carboxylic acids is 1. The molecule has 0 atom stereocenters. The van der Waals surface area contributed by atoms with Crippen LogP contribution in [0.2, 0.25) is 0 Å². The molecule has 2 aromatic carbocycles. The molecule has 0 amide bonds. The molecule has 0 aliphatic rings. The number of carboxylic acid groups (broad SMARTS) is 1. The summed E-state index contributed by atoms with van der Waals surface area (Å²) in [4.78, 5) is 15.9. The maximum Gasteiger partial charge on any atom is 0.336 e. The van der Waals surface area contributed by atoms with Gasteiger partial charge in [-0.2, -0.15) is 5.10 Å². The molecule has 2 aromatic heterocycles. The van der Waals surface area contributed by atoms with Gasteiger partial charge in [0, 0.05) is 31.6 Å². The van der Waals surface area contributed by atoms with E-state index in [9.17, 15) is 9.90 Å². The van der Waals surface area contributed by atoms with Gasteiger partial charge in [-0.15, -0.1) is 0 Å². The summed E-state index contributed by atoms with van der Waals surface area (Å²) >= 11 is 0. The molecular weight excluding hydrogens is 340 g/mol. The molecule has 4 aromatic rings. The largest absolute Gasteiger partial charge is 0.478 e. The first-order valence-electron chi connectivity index (χ1n) is 8.61. The highest BCUT2D eigenvalue weighted by atomic mass is 16.4. The SMILES string of the molecule is O=C(O)c1ccccc1Cn1ccnc1Cc1cnn(-c2ccccc2)c1. The third-order valence-corrected chi connectivity index (χ3v) is 4.41. The highest BCUT2D eigenvalue weighted by Crippen LogP contribution is 2.15. The minimum atomic E-state index is -0.920. The highest BCUT2D eigenvalue weighted by Gasteiger charge is 2.12. The van der Waals surface area contributed by atoms with Crippen molar-refractivity contribution in [3.63, 3.8) is 0 Å². The van der Waals surface area contributed by atoms with Crippen LogP contribution < -0.4 is 0 Å². The van der Waals surface area contributed by atoms with Crippen molar-refractivity contribution < 1.29 is 9.90 Å². The van der Waals surface area contributed by atoms with Crippen LogP contribution in [0.25, 0.3) is 5.69 Å². The van der Waals surface area contributed by atoms with Gasteiger partial charge < -0.3 is 9.67 Å². The fraction of sp³-hybridized carbons (Fsp3) is 0.0952. The van der Waals surface area contributed by atoms with Gasteiger partial charge in [0.25, 0.3) is 0 Å². The van der Waals surface area contributed by atoms with E-state index in [4.69, 9.17) is 0 Å². The lowest BCUT2D eigenvalue weighted by atomic mass is 10.1. The Morgan fingerprint density at radius 1 is 1.04 bits per heavy atom. The predicted octanol–water partition coefficient (Wildman–Crippen LogP) is 3.41. The first-order chi connectivity index (χ1) is 13.2. The van der Waals surface area contributed by atoms with Gasteiger partial charge in [0.15, 0.2) is 0 Å². The number of imidazole rings is 1. The molecule has 6 nitrogen and oxygen atoms in total. The highest BCUT2D eigenvalue weighted by molar-refractivity contribution is 5.89. The Hall–Kier alpha value is -3.67. The fourth-order valence-corrected chi connectivity index (χ4v) is 3.06. The Bertz CT molecular complexity index is 1070. The summed E-state index contributed by atoms with van der Waals surface area (Å²) in [6.45, 7) is 0.463. The smallest absolute Gasteiger partial charge is 0.336 e. The monoisotopic (exact) mass is 358 g/mol. The van der Waals surface area contributed by atoms with Gasteiger partial charge in [0.05, 0.1) is 17.4 Å². The first kappa shape index (κ1) is 16.8. The number of carboxylic acids is 1. The van der Waals surface area contributed by atoms with E-state index >= 15 is 0 Å². The van der Waals surface area contributed by atoms with Gasteiger partial charge in [0.2, 0.25) is 0 Å². The van der Waals surface area contributed by atoms with Crippen molar-refractivity contribution in [1.82, 2.24) is 19.3 Å². The van der Waals surface area contributed by atoms with E-state index in [0.717, 1.165) is 22.6 Å². The molecule has 0 aliphatic heterocycles. The van der Waals surface area contributed by atoms with Gasteiger partial charge in [0.1, 0.15) is 5.82 Å². The Morgan fingerprint density at radius 2 is 1.81 bits per heavy atom. The van der Waals surface area contributed by atoms with E-state index in [-0.39, 0.29) is 0 Å². The van der Waals surface area contributed by atoms with Crippen LogP contribution in [-0.2, 0) is 13.0 Å². The van der Waals surface area contributed by atoms with Gasteiger partial charge in [-0.05, 0) is 29.3 Å². The Labute approximate surface area is 156 Å². The van der Waals surface area contributed by atoms with Crippen molar-refractivity contribution in [2.75, 3.05) is 0 Å². The molecule has 27 heavy (non-hydrogen) atoms. The predicted molar refractivity (Wildman–Crippen MR) is 101 cm³/mol. The molecule has 0 saturated carbocycles. The molecule has 1 N–H and O–H groups in total. The molecule has 0 bridgehead atoms. The number of hydrogen-bond donors (Lipinski definition) is 1. The molecule has 0 fully saturated rings. The van der Waals surface area contributed by atoms with Gasteiger partial charge in [-0.3, -0.25) is 0 Å². The summed E-state index contributed by atoms with van der Waals surface area (Å²) in [6, 6.07) is 17.0. The number of benzene rings is 2. The zero-order chi connectivity index (χ0) is 18.6. The van der Waals surface area contributed by atoms with Crippen molar-refractivity contribution in [2.45, 2.75) is 13.0 Å². The van der Waals surface area contributed by atoms with Crippen LogP contribution in [0.1, 0.15) is 27.3 Å². The van der Waals surface area contributed by atoms with Crippen LogP contribution in [0.4, 0.5) is 0 Å². The Morgan fingerprint density at radius 3 is 2.63 bits per heavy atom. The molecule has 0 aliphatic carbocycles. The molecule has 4 rings (SSSR count). The summed E-state index contributed by atoms with van der Waals surface area (Å²) < 4.78 is 3.81. The first-order valence-corrected chi connectivity index (χ1v) is 8.61. The molecule has 0 radical (unpaired) electrons. The van der Waals surface area contributed by atoms with Crippen molar-refractivity contribution in [1.29, 1.82) is 0 Å². The molecule has 6 heteroatoms. The molecule has 0 spiro atoms. The average Bonchev–Trinajstić information content (AvgIpc) is 3.33. The van der Waals surface area contributed by atoms with Crippen molar-refractivity contribution in [3.05, 3.63) is 102 Å². The number of rotatable bonds is 6. The number of carbonyl (C=O) groups is 1. The van der Waals surface area contributed by atoms with Crippen LogP contribution in [0.15, 0.2) is 79.4 Å². The van der Waals surface area contributed by atoms with Crippen LogP contribution in [-0.4, -0.2) is 30.4 Å². The molecule has 2 heterocycles. The van der Waals surface area contributed by atoms with Crippen LogP contribution in [0.5, 0.6) is 0 Å². The fourth-order valence-electron chi connectivity index (χ4n) is 3.06. The Balaban J connectivity index is 1.55. The van der Waals surface area contributed by atoms with Gasteiger partial charge in [-0.25, -0.2) is 14.5 Å². The summed E-state index contributed by atoms with van der Waals surface area (Å²) in [5, 5.41) is 13.8. The standard InChI is InChI=1S/C21H18N4O2/c26-21(27)19-9-5-4-6-17(19)15-24-11-10-22-20(24)12-16-13-23-25(14-16)18-7-2-1-3-8-18/h1-11,13-14H,12,15H2,(H,26,27). The third kappa shape index (κ3) is 3.64. The number of para-hydroxylation sites is 1. The summed E-state index contributed by atoms with van der Waals surface area (Å²) in [5.41, 5.74) is 3.11. The molecule has 0 saturated heterocycles. The van der Waals surface area contributed by atoms with Crippen LogP contribution in [0, 0.1) is 0 Å². The lowest BCUT2D eigenvalue weighted by Crippen LogP contribution is -2.09. The lowest BCUT2D eigenvalue weighted by Gasteiger charge is -2.10. The summed E-state index contributed by atoms with van der Waals surface area (Å²) in [7, 11) is 0. The van der Waals surface area contributed by atoms with Crippen molar-refractivity contribution >= 4 is 5.97 Å². The van der Waals surface area contributed by atoms with E-state index in [1.165, 1.54) is 0 Å². The topological polar surface area (TPSA) is 72.9 Å².